The molecule has 3 N–H and O–H groups in total. The monoisotopic (exact) mass is 154 g/mol. The average molecular weight is 154 g/mol. The third-order valence-corrected chi connectivity index (χ3v) is 1.66. The predicted molar refractivity (Wildman–Crippen MR) is 35.5 cm³/mol. The zero-order chi connectivity index (χ0) is 7.84. The van der Waals surface area contributed by atoms with Gasteiger partial charge in [0.05, 0.1) is 6.34 Å². The number of carbonyl (C=O) groups excluding carboxylic acids is 2. The zero-order valence-corrected chi connectivity index (χ0v) is 5.50. The minimum absolute atomic E-state index is 0.257. The van der Waals surface area contributed by atoms with Gasteiger partial charge in [0.25, 0.3) is 11.8 Å². The Bertz CT molecular complexity index is 249. The highest BCUT2D eigenvalue weighted by molar-refractivity contribution is 6.00. The number of rotatable bonds is 0. The molecule has 1 fully saturated rings. The van der Waals surface area contributed by atoms with E-state index in [1.165, 1.54) is 6.34 Å². The molecular formula is C5H6N4O2. The Morgan fingerprint density at radius 1 is 1.27 bits per heavy atom. The summed E-state index contributed by atoms with van der Waals surface area (Å²) in [5, 5.41) is 2.67. The zero-order valence-electron chi connectivity index (χ0n) is 5.50. The summed E-state index contributed by atoms with van der Waals surface area (Å²) < 4.78 is 0. The van der Waals surface area contributed by atoms with Gasteiger partial charge in [-0.1, -0.05) is 0 Å². The second kappa shape index (κ2) is 1.94. The first-order valence-electron chi connectivity index (χ1n) is 3.16. The maximum Gasteiger partial charge on any atom is 0.265 e. The van der Waals surface area contributed by atoms with Gasteiger partial charge in [0.2, 0.25) is 0 Å². The molecule has 2 rings (SSSR count). The van der Waals surface area contributed by atoms with Crippen molar-refractivity contribution in [2.24, 2.45) is 4.99 Å². The highest BCUT2D eigenvalue weighted by Crippen LogP contribution is 2.06. The highest BCUT2D eigenvalue weighted by atomic mass is 16.2. The Morgan fingerprint density at radius 2 is 2.00 bits per heavy atom. The second-order valence-electron chi connectivity index (χ2n) is 2.35. The number of carbonyl (C=O) groups is 2. The molecule has 11 heavy (non-hydrogen) atoms. The number of hydrogen-bond donors (Lipinski definition) is 3. The van der Waals surface area contributed by atoms with E-state index in [4.69, 9.17) is 0 Å². The summed E-state index contributed by atoms with van der Waals surface area (Å²) in [5.41, 5.74) is 4.43. The summed E-state index contributed by atoms with van der Waals surface area (Å²) in [5.74, 6) is -0.539. The van der Waals surface area contributed by atoms with Crippen LogP contribution >= 0.6 is 0 Å². The molecule has 6 nitrogen and oxygen atoms in total. The van der Waals surface area contributed by atoms with E-state index in [2.05, 4.69) is 21.2 Å². The lowest BCUT2D eigenvalue weighted by Gasteiger charge is -2.22. The van der Waals surface area contributed by atoms with Crippen LogP contribution in [0.3, 0.4) is 0 Å². The van der Waals surface area contributed by atoms with Crippen molar-refractivity contribution in [2.75, 3.05) is 0 Å². The molecular weight excluding hydrogens is 148 g/mol. The third-order valence-electron chi connectivity index (χ3n) is 1.66. The van der Waals surface area contributed by atoms with E-state index in [-0.39, 0.29) is 11.8 Å². The SMILES string of the molecule is O=C1NNC(=O)[C@@H]2NC=N[C@@H]12. The first-order chi connectivity index (χ1) is 5.29. The van der Waals surface area contributed by atoms with Crippen LogP contribution in [0.1, 0.15) is 0 Å². The predicted octanol–water partition coefficient (Wildman–Crippen LogP) is -2.48. The molecule has 0 aromatic heterocycles. The standard InChI is InChI=1S/C5H6N4O2/c10-4-2-3(7-1-6-2)5(11)9-8-4/h1-3H,(H,6,7)(H,8,10)(H,9,11)/t2-,3-/m1/s1. The van der Waals surface area contributed by atoms with Crippen molar-refractivity contribution in [3.8, 4) is 0 Å². The number of fused-ring (bicyclic) bond motifs is 1. The summed E-state index contributed by atoms with van der Waals surface area (Å²) in [6.45, 7) is 0. The van der Waals surface area contributed by atoms with Gasteiger partial charge in [0.15, 0.2) is 6.04 Å². The molecule has 2 amide bonds. The van der Waals surface area contributed by atoms with Crippen LogP contribution in [0.5, 0.6) is 0 Å². The third kappa shape index (κ3) is 0.754. The number of aliphatic imine (C=N–C) groups is 1. The van der Waals surface area contributed by atoms with Crippen LogP contribution in [-0.4, -0.2) is 30.2 Å². The van der Waals surface area contributed by atoms with Crippen molar-refractivity contribution < 1.29 is 9.59 Å². The Hall–Kier alpha value is -1.59. The fourth-order valence-corrected chi connectivity index (χ4v) is 1.09. The maximum absolute atomic E-state index is 11.0. The second-order valence-corrected chi connectivity index (χ2v) is 2.35. The molecule has 0 radical (unpaired) electrons. The maximum atomic E-state index is 11.0. The normalized spacial score (nSPS) is 33.8. The topological polar surface area (TPSA) is 82.6 Å². The van der Waals surface area contributed by atoms with Crippen molar-refractivity contribution in [3.63, 3.8) is 0 Å². The van der Waals surface area contributed by atoms with Gasteiger partial charge >= 0.3 is 0 Å². The summed E-state index contributed by atoms with van der Waals surface area (Å²) in [4.78, 5) is 25.7. The largest absolute Gasteiger partial charge is 0.363 e. The Kier molecular flexibility index (Phi) is 1.09. The summed E-state index contributed by atoms with van der Waals surface area (Å²) >= 11 is 0. The number of hydrogen-bond acceptors (Lipinski definition) is 4. The van der Waals surface area contributed by atoms with Crippen molar-refractivity contribution >= 4 is 18.2 Å². The van der Waals surface area contributed by atoms with Crippen molar-refractivity contribution in [1.29, 1.82) is 0 Å². The molecule has 1 saturated heterocycles. The number of nitrogens with zero attached hydrogens (tertiary/aromatic N) is 1. The van der Waals surface area contributed by atoms with Crippen LogP contribution in [0.4, 0.5) is 0 Å². The molecule has 6 heteroatoms. The average Bonchev–Trinajstić information content (AvgIpc) is 2.45. The van der Waals surface area contributed by atoms with Gasteiger partial charge in [-0.3, -0.25) is 25.4 Å². The Morgan fingerprint density at radius 3 is 2.73 bits per heavy atom. The van der Waals surface area contributed by atoms with E-state index in [9.17, 15) is 9.59 Å². The fraction of sp³-hybridized carbons (Fsp3) is 0.400. The van der Waals surface area contributed by atoms with Crippen LogP contribution in [-0.2, 0) is 9.59 Å². The molecule has 0 aliphatic carbocycles. The van der Waals surface area contributed by atoms with Gasteiger partial charge in [0, 0.05) is 0 Å². The molecule has 2 heterocycles. The summed E-state index contributed by atoms with van der Waals surface area (Å²) in [6, 6.07) is -1.12. The molecule has 2 aliphatic heterocycles. The molecule has 0 aromatic carbocycles. The van der Waals surface area contributed by atoms with Crippen molar-refractivity contribution in [1.82, 2.24) is 16.2 Å². The van der Waals surface area contributed by atoms with E-state index in [0.717, 1.165) is 0 Å². The highest BCUT2D eigenvalue weighted by Gasteiger charge is 2.39. The molecule has 0 bridgehead atoms. The molecule has 58 valence electrons. The van der Waals surface area contributed by atoms with Crippen LogP contribution in [0.2, 0.25) is 0 Å². The van der Waals surface area contributed by atoms with E-state index >= 15 is 0 Å². The molecule has 0 unspecified atom stereocenters. The van der Waals surface area contributed by atoms with Crippen molar-refractivity contribution in [3.05, 3.63) is 0 Å². The lowest BCUT2D eigenvalue weighted by Crippen LogP contribution is -2.62. The summed E-state index contributed by atoms with van der Waals surface area (Å²) in [7, 11) is 0. The van der Waals surface area contributed by atoms with E-state index < -0.39 is 12.1 Å². The van der Waals surface area contributed by atoms with Crippen LogP contribution in [0.25, 0.3) is 0 Å². The number of nitrogens with one attached hydrogen (secondary N) is 3. The molecule has 0 aromatic rings. The van der Waals surface area contributed by atoms with Gasteiger partial charge in [-0.05, 0) is 0 Å². The minimum Gasteiger partial charge on any atom is -0.363 e. The first kappa shape index (κ1) is 6.14. The fourth-order valence-electron chi connectivity index (χ4n) is 1.09. The Balaban J connectivity index is 2.25. The van der Waals surface area contributed by atoms with E-state index in [0.29, 0.717) is 0 Å². The van der Waals surface area contributed by atoms with Gasteiger partial charge in [0.1, 0.15) is 6.04 Å². The molecule has 2 aliphatic rings. The first-order valence-corrected chi connectivity index (χ1v) is 3.16. The molecule has 2 atom stereocenters. The van der Waals surface area contributed by atoms with Crippen LogP contribution < -0.4 is 16.2 Å². The minimum atomic E-state index is -0.594. The van der Waals surface area contributed by atoms with Crippen molar-refractivity contribution in [2.45, 2.75) is 12.1 Å². The molecule has 0 spiro atoms. The van der Waals surface area contributed by atoms with Crippen LogP contribution in [0, 0.1) is 0 Å². The van der Waals surface area contributed by atoms with Gasteiger partial charge in [-0.15, -0.1) is 0 Å². The number of amides is 2. The molecule has 0 saturated carbocycles. The smallest absolute Gasteiger partial charge is 0.265 e. The lowest BCUT2D eigenvalue weighted by atomic mass is 10.1. The quantitative estimate of drug-likeness (QED) is 0.361. The van der Waals surface area contributed by atoms with E-state index in [1.807, 2.05) is 0 Å². The van der Waals surface area contributed by atoms with Gasteiger partial charge < -0.3 is 5.32 Å². The van der Waals surface area contributed by atoms with Gasteiger partial charge in [-0.25, -0.2) is 0 Å². The van der Waals surface area contributed by atoms with Crippen LogP contribution in [0.15, 0.2) is 4.99 Å². The Labute approximate surface area is 62.0 Å². The summed E-state index contributed by atoms with van der Waals surface area (Å²) in [6.07, 6.45) is 1.37. The lowest BCUT2D eigenvalue weighted by molar-refractivity contribution is -0.136. The number of hydrazine groups is 1. The van der Waals surface area contributed by atoms with Gasteiger partial charge in [-0.2, -0.15) is 0 Å². The van der Waals surface area contributed by atoms with E-state index in [1.54, 1.807) is 0 Å².